The molecule has 1 unspecified atom stereocenters. The number of nitrogens with two attached hydrogens (primary N) is 1. The van der Waals surface area contributed by atoms with Gasteiger partial charge in [-0.3, -0.25) is 19.7 Å². The Labute approximate surface area is 199 Å². The second kappa shape index (κ2) is 12.7. The van der Waals surface area contributed by atoms with Crippen LogP contribution in [0.3, 0.4) is 0 Å². The number of nitrogens with one attached hydrogen (secondary N) is 2. The first kappa shape index (κ1) is 25.1. The van der Waals surface area contributed by atoms with E-state index in [-0.39, 0.29) is 0 Å². The number of carbonyl (C=O) groups excluding carboxylic acids is 2. The first-order chi connectivity index (χ1) is 16.5. The number of allylic oxidation sites excluding steroid dienone is 1. The summed E-state index contributed by atoms with van der Waals surface area (Å²) in [5, 5.41) is 11.3. The van der Waals surface area contributed by atoms with E-state index in [1.807, 2.05) is 18.2 Å². The Kier molecular flexibility index (Phi) is 9.38. The van der Waals surface area contributed by atoms with Gasteiger partial charge in [0.05, 0.1) is 13.2 Å². The van der Waals surface area contributed by atoms with E-state index in [2.05, 4.69) is 34.2 Å². The fraction of sp³-hybridized carbons (Fsp3) is 0.308. The standard InChI is InChI=1S/C26H30N4O4/c1-19(27)24(26(32)29-33)28-25(31)23-12-10-21(11-13-23)5-3-2-4-20-6-8-22(9-7-20)18-30-14-16-34-17-15-30/h3,5-13,19,24,33H,14-18,27H2,1H3,(H,28,31)(H,29,32)/b5-3+/t19?,24-/m0/s1. The van der Waals surface area contributed by atoms with Crippen molar-refractivity contribution in [2.45, 2.75) is 25.6 Å². The molecule has 3 rings (SSSR count). The molecule has 2 amide bonds. The molecule has 1 aliphatic rings. The molecule has 0 radical (unpaired) electrons. The molecule has 0 aliphatic carbocycles. The Balaban J connectivity index is 1.52. The van der Waals surface area contributed by atoms with E-state index in [0.29, 0.717) is 5.56 Å². The van der Waals surface area contributed by atoms with Crippen molar-refractivity contribution in [1.82, 2.24) is 15.7 Å². The smallest absolute Gasteiger partial charge is 0.267 e. The average molecular weight is 463 g/mol. The zero-order chi connectivity index (χ0) is 24.3. The van der Waals surface area contributed by atoms with E-state index >= 15 is 0 Å². The molecule has 0 aromatic heterocycles. The number of morpholine rings is 1. The van der Waals surface area contributed by atoms with Crippen LogP contribution in [-0.4, -0.2) is 60.3 Å². The molecule has 34 heavy (non-hydrogen) atoms. The molecule has 5 N–H and O–H groups in total. The summed E-state index contributed by atoms with van der Waals surface area (Å²) in [5.74, 6) is 4.92. The highest BCUT2D eigenvalue weighted by atomic mass is 16.5. The molecule has 8 heteroatoms. The van der Waals surface area contributed by atoms with E-state index in [9.17, 15) is 9.59 Å². The number of carbonyl (C=O) groups is 2. The van der Waals surface area contributed by atoms with Crippen LogP contribution in [-0.2, 0) is 16.1 Å². The van der Waals surface area contributed by atoms with E-state index < -0.39 is 23.9 Å². The third-order valence-corrected chi connectivity index (χ3v) is 5.42. The van der Waals surface area contributed by atoms with Crippen molar-refractivity contribution in [3.05, 3.63) is 76.9 Å². The van der Waals surface area contributed by atoms with Crippen LogP contribution >= 0.6 is 0 Å². The second-order valence-electron chi connectivity index (χ2n) is 8.10. The van der Waals surface area contributed by atoms with Gasteiger partial charge in [-0.15, -0.1) is 0 Å². The van der Waals surface area contributed by atoms with E-state index in [0.717, 1.165) is 44.0 Å². The van der Waals surface area contributed by atoms with Crippen LogP contribution in [0.5, 0.6) is 0 Å². The van der Waals surface area contributed by atoms with Crippen LogP contribution in [0.2, 0.25) is 0 Å². The number of ether oxygens (including phenoxy) is 1. The summed E-state index contributed by atoms with van der Waals surface area (Å²) < 4.78 is 5.38. The summed E-state index contributed by atoms with van der Waals surface area (Å²) in [5.41, 5.74) is 10.7. The topological polar surface area (TPSA) is 117 Å². The van der Waals surface area contributed by atoms with Crippen LogP contribution in [0.25, 0.3) is 6.08 Å². The van der Waals surface area contributed by atoms with Gasteiger partial charge in [0.2, 0.25) is 0 Å². The lowest BCUT2D eigenvalue weighted by molar-refractivity contribution is -0.131. The summed E-state index contributed by atoms with van der Waals surface area (Å²) >= 11 is 0. The van der Waals surface area contributed by atoms with Gasteiger partial charge in [0.25, 0.3) is 11.8 Å². The molecule has 2 atom stereocenters. The van der Waals surface area contributed by atoms with E-state index in [1.165, 1.54) is 11.0 Å². The van der Waals surface area contributed by atoms with Crippen LogP contribution in [0.15, 0.2) is 54.6 Å². The number of hydrogen-bond acceptors (Lipinski definition) is 6. The molecule has 8 nitrogen and oxygen atoms in total. The van der Waals surface area contributed by atoms with Gasteiger partial charge in [0.15, 0.2) is 0 Å². The molecule has 2 aromatic carbocycles. The number of hydroxylamine groups is 1. The molecular formula is C26H30N4O4. The van der Waals surface area contributed by atoms with Gasteiger partial charge >= 0.3 is 0 Å². The largest absolute Gasteiger partial charge is 0.379 e. The number of rotatable bonds is 7. The van der Waals surface area contributed by atoms with Crippen molar-refractivity contribution in [3.63, 3.8) is 0 Å². The van der Waals surface area contributed by atoms with E-state index in [1.54, 1.807) is 37.3 Å². The van der Waals surface area contributed by atoms with Gasteiger partial charge < -0.3 is 15.8 Å². The quantitative estimate of drug-likeness (QED) is 0.282. The van der Waals surface area contributed by atoms with Gasteiger partial charge in [0, 0.05) is 36.8 Å². The lowest BCUT2D eigenvalue weighted by Crippen LogP contribution is -2.54. The predicted molar refractivity (Wildman–Crippen MR) is 130 cm³/mol. The third kappa shape index (κ3) is 7.54. The van der Waals surface area contributed by atoms with Gasteiger partial charge in [-0.1, -0.05) is 36.1 Å². The van der Waals surface area contributed by atoms with Gasteiger partial charge in [-0.05, 0) is 54.5 Å². The maximum atomic E-state index is 12.4. The van der Waals surface area contributed by atoms with Gasteiger partial charge in [0.1, 0.15) is 6.04 Å². The predicted octanol–water partition coefficient (Wildman–Crippen LogP) is 1.53. The minimum absolute atomic E-state index is 0.372. The Morgan fingerprint density at radius 3 is 2.44 bits per heavy atom. The van der Waals surface area contributed by atoms with Crippen molar-refractivity contribution in [2.24, 2.45) is 5.73 Å². The average Bonchev–Trinajstić information content (AvgIpc) is 2.86. The van der Waals surface area contributed by atoms with Crippen molar-refractivity contribution in [2.75, 3.05) is 26.3 Å². The zero-order valence-electron chi connectivity index (χ0n) is 19.2. The number of nitrogens with zero attached hydrogens (tertiary/aromatic N) is 1. The Morgan fingerprint density at radius 2 is 1.82 bits per heavy atom. The fourth-order valence-electron chi connectivity index (χ4n) is 3.45. The first-order valence-corrected chi connectivity index (χ1v) is 11.1. The van der Waals surface area contributed by atoms with Crippen LogP contribution in [0.4, 0.5) is 0 Å². The summed E-state index contributed by atoms with van der Waals surface area (Å²) in [6, 6.07) is 13.4. The number of hydrogen-bond donors (Lipinski definition) is 4. The van der Waals surface area contributed by atoms with Crippen molar-refractivity contribution < 1.29 is 19.5 Å². The summed E-state index contributed by atoms with van der Waals surface area (Å²) in [6.45, 7) is 6.01. The highest BCUT2D eigenvalue weighted by Gasteiger charge is 2.24. The number of benzene rings is 2. The van der Waals surface area contributed by atoms with Crippen LogP contribution < -0.4 is 16.5 Å². The summed E-state index contributed by atoms with van der Waals surface area (Å²) in [4.78, 5) is 26.4. The van der Waals surface area contributed by atoms with Crippen molar-refractivity contribution >= 4 is 17.9 Å². The summed E-state index contributed by atoms with van der Waals surface area (Å²) in [6.07, 6.45) is 3.61. The third-order valence-electron chi connectivity index (χ3n) is 5.42. The molecule has 178 valence electrons. The minimum Gasteiger partial charge on any atom is -0.379 e. The minimum atomic E-state index is -1.04. The molecular weight excluding hydrogens is 432 g/mol. The van der Waals surface area contributed by atoms with Crippen molar-refractivity contribution in [1.29, 1.82) is 0 Å². The lowest BCUT2D eigenvalue weighted by atomic mass is 10.1. The molecule has 1 fully saturated rings. The molecule has 1 aliphatic heterocycles. The maximum Gasteiger partial charge on any atom is 0.267 e. The SMILES string of the molecule is CC(N)[C@H](NC(=O)c1ccc(/C=C/C#Cc2ccc(CN3CCOCC3)cc2)cc1)C(=O)NO. The van der Waals surface area contributed by atoms with Crippen LogP contribution in [0, 0.1) is 11.8 Å². The Hall–Kier alpha value is -3.48. The maximum absolute atomic E-state index is 12.4. The van der Waals surface area contributed by atoms with Gasteiger partial charge in [-0.2, -0.15) is 0 Å². The first-order valence-electron chi connectivity index (χ1n) is 11.1. The second-order valence-corrected chi connectivity index (χ2v) is 8.10. The fourth-order valence-corrected chi connectivity index (χ4v) is 3.45. The van der Waals surface area contributed by atoms with E-state index in [4.69, 9.17) is 15.7 Å². The molecule has 0 saturated carbocycles. The Bertz CT molecular complexity index is 1050. The molecule has 1 saturated heterocycles. The van der Waals surface area contributed by atoms with Gasteiger partial charge in [-0.25, -0.2) is 5.48 Å². The highest BCUT2D eigenvalue weighted by Crippen LogP contribution is 2.09. The monoisotopic (exact) mass is 462 g/mol. The van der Waals surface area contributed by atoms with Crippen LogP contribution in [0.1, 0.15) is 34.0 Å². The molecule has 0 spiro atoms. The highest BCUT2D eigenvalue weighted by molar-refractivity contribution is 5.97. The Morgan fingerprint density at radius 1 is 1.15 bits per heavy atom. The molecule has 1 heterocycles. The summed E-state index contributed by atoms with van der Waals surface area (Å²) in [7, 11) is 0. The number of amides is 2. The molecule has 2 aromatic rings. The normalized spacial score (nSPS) is 15.7. The van der Waals surface area contributed by atoms with Crippen molar-refractivity contribution in [3.8, 4) is 11.8 Å². The molecule has 0 bridgehead atoms. The zero-order valence-corrected chi connectivity index (χ0v) is 19.2. The lowest BCUT2D eigenvalue weighted by Gasteiger charge is -2.26.